The van der Waals surface area contributed by atoms with Gasteiger partial charge >= 0.3 is 0 Å². The van der Waals surface area contributed by atoms with Crippen LogP contribution in [0.1, 0.15) is 0 Å². The van der Waals surface area contributed by atoms with E-state index in [1.165, 1.54) is 0 Å². The van der Waals surface area contributed by atoms with Crippen LogP contribution >= 0.6 is 0 Å². The van der Waals surface area contributed by atoms with Crippen LogP contribution in [0.15, 0.2) is 60.7 Å². The third kappa shape index (κ3) is 4.16. The molecule has 0 bridgehead atoms. The first kappa shape index (κ1) is 11.6. The van der Waals surface area contributed by atoms with E-state index in [2.05, 4.69) is 0 Å². The SMILES string of the molecule is N#CO.c1ccc(Oc2ccccc2)cc1. The van der Waals surface area contributed by atoms with E-state index in [4.69, 9.17) is 15.1 Å². The molecule has 1 N–H and O–H groups in total. The molecule has 0 aliphatic rings. The van der Waals surface area contributed by atoms with Crippen LogP contribution < -0.4 is 4.74 Å². The van der Waals surface area contributed by atoms with Gasteiger partial charge in [-0.2, -0.15) is 5.26 Å². The van der Waals surface area contributed by atoms with Crippen molar-refractivity contribution < 1.29 is 9.84 Å². The zero-order chi connectivity index (χ0) is 11.6. The first-order chi connectivity index (χ1) is 7.86. The Balaban J connectivity index is 0.000000386. The molecule has 0 unspecified atom stereocenters. The van der Waals surface area contributed by atoms with Gasteiger partial charge in [-0.25, -0.2) is 0 Å². The topological polar surface area (TPSA) is 53.2 Å². The maximum absolute atomic E-state index is 6.88. The number of para-hydroxylation sites is 2. The van der Waals surface area contributed by atoms with Gasteiger partial charge in [0.25, 0.3) is 6.26 Å². The lowest BCUT2D eigenvalue weighted by Crippen LogP contribution is -1.81. The number of hydrogen-bond donors (Lipinski definition) is 1. The van der Waals surface area contributed by atoms with Crippen molar-refractivity contribution in [1.29, 1.82) is 5.26 Å². The number of rotatable bonds is 2. The van der Waals surface area contributed by atoms with E-state index >= 15 is 0 Å². The molecular weight excluding hydrogens is 202 g/mol. The quantitative estimate of drug-likeness (QED) is 0.778. The summed E-state index contributed by atoms with van der Waals surface area (Å²) in [6.45, 7) is 0. The van der Waals surface area contributed by atoms with Gasteiger partial charge in [0, 0.05) is 0 Å². The van der Waals surface area contributed by atoms with Crippen molar-refractivity contribution in [2.24, 2.45) is 0 Å². The van der Waals surface area contributed by atoms with Gasteiger partial charge in [-0.15, -0.1) is 0 Å². The van der Waals surface area contributed by atoms with E-state index in [9.17, 15) is 0 Å². The van der Waals surface area contributed by atoms with Gasteiger partial charge < -0.3 is 9.84 Å². The van der Waals surface area contributed by atoms with Gasteiger partial charge in [-0.05, 0) is 24.3 Å². The Kier molecular flexibility index (Phi) is 5.01. The highest BCUT2D eigenvalue weighted by Crippen LogP contribution is 2.19. The summed E-state index contributed by atoms with van der Waals surface area (Å²) in [7, 11) is 0. The van der Waals surface area contributed by atoms with E-state index in [1.54, 1.807) is 0 Å². The average Bonchev–Trinajstić information content (AvgIpc) is 2.33. The van der Waals surface area contributed by atoms with Crippen molar-refractivity contribution >= 4 is 0 Å². The fraction of sp³-hybridized carbons (Fsp3) is 0. The fourth-order valence-corrected chi connectivity index (χ4v) is 1.11. The van der Waals surface area contributed by atoms with Crippen LogP contribution in [0, 0.1) is 11.5 Å². The second kappa shape index (κ2) is 6.91. The van der Waals surface area contributed by atoms with Gasteiger partial charge in [0.15, 0.2) is 0 Å². The van der Waals surface area contributed by atoms with E-state index in [0.717, 1.165) is 17.8 Å². The molecule has 0 radical (unpaired) electrons. The number of hydrogen-bond acceptors (Lipinski definition) is 3. The van der Waals surface area contributed by atoms with E-state index in [1.807, 2.05) is 60.7 Å². The lowest BCUT2D eigenvalue weighted by Gasteiger charge is -2.03. The number of ether oxygens (including phenoxy) is 1. The van der Waals surface area contributed by atoms with Crippen LogP contribution in [0.5, 0.6) is 11.5 Å². The summed E-state index contributed by atoms with van der Waals surface area (Å²) in [6, 6.07) is 19.5. The van der Waals surface area contributed by atoms with Gasteiger partial charge in [0.1, 0.15) is 11.5 Å². The van der Waals surface area contributed by atoms with Crippen molar-refractivity contribution in [2.75, 3.05) is 0 Å². The van der Waals surface area contributed by atoms with Crippen molar-refractivity contribution in [2.45, 2.75) is 0 Å². The second-order valence-electron chi connectivity index (χ2n) is 2.83. The number of aliphatic hydroxyl groups is 1. The summed E-state index contributed by atoms with van der Waals surface area (Å²) in [5.74, 6) is 1.74. The van der Waals surface area contributed by atoms with Crippen molar-refractivity contribution in [3.63, 3.8) is 0 Å². The average molecular weight is 213 g/mol. The summed E-state index contributed by atoms with van der Waals surface area (Å²) in [4.78, 5) is 0. The first-order valence-electron chi connectivity index (χ1n) is 4.68. The summed E-state index contributed by atoms with van der Waals surface area (Å²) in [6.07, 6.45) is 0.750. The highest BCUT2D eigenvalue weighted by atomic mass is 16.5. The molecule has 2 rings (SSSR count). The number of nitriles is 1. The van der Waals surface area contributed by atoms with Crippen LogP contribution in [0.2, 0.25) is 0 Å². The van der Waals surface area contributed by atoms with Gasteiger partial charge in [0.05, 0.1) is 0 Å². The van der Waals surface area contributed by atoms with Crippen molar-refractivity contribution in [3.8, 4) is 17.8 Å². The molecule has 0 saturated carbocycles. The number of nitrogens with zero attached hydrogens (tertiary/aromatic N) is 1. The molecule has 0 saturated heterocycles. The molecule has 80 valence electrons. The lowest BCUT2D eigenvalue weighted by atomic mass is 10.3. The molecule has 0 atom stereocenters. The Morgan fingerprint density at radius 3 is 1.44 bits per heavy atom. The lowest BCUT2D eigenvalue weighted by molar-refractivity contribution is 0.482. The zero-order valence-electron chi connectivity index (χ0n) is 8.58. The van der Waals surface area contributed by atoms with Crippen LogP contribution in [0.4, 0.5) is 0 Å². The molecule has 0 amide bonds. The molecule has 0 spiro atoms. The Hall–Kier alpha value is -2.47. The maximum Gasteiger partial charge on any atom is 0.283 e. The Labute approximate surface area is 94.2 Å². The van der Waals surface area contributed by atoms with Crippen molar-refractivity contribution in [3.05, 3.63) is 60.7 Å². The molecule has 0 aromatic heterocycles. The second-order valence-corrected chi connectivity index (χ2v) is 2.83. The molecule has 2 aromatic carbocycles. The van der Waals surface area contributed by atoms with Gasteiger partial charge in [0.2, 0.25) is 0 Å². The Morgan fingerprint density at radius 1 is 0.812 bits per heavy atom. The van der Waals surface area contributed by atoms with E-state index in [-0.39, 0.29) is 0 Å². The highest BCUT2D eigenvalue weighted by Gasteiger charge is 1.92. The summed E-state index contributed by atoms with van der Waals surface area (Å²) in [5, 5.41) is 13.8. The van der Waals surface area contributed by atoms with Crippen LogP contribution in [0.25, 0.3) is 0 Å². The largest absolute Gasteiger partial charge is 0.457 e. The molecule has 2 aromatic rings. The summed E-state index contributed by atoms with van der Waals surface area (Å²) in [5.41, 5.74) is 0. The van der Waals surface area contributed by atoms with E-state index in [0.29, 0.717) is 0 Å². The normalized spacial score (nSPS) is 8.19. The minimum Gasteiger partial charge on any atom is -0.457 e. The molecular formula is C13H11NO2. The first-order valence-corrected chi connectivity index (χ1v) is 4.68. The van der Waals surface area contributed by atoms with Crippen LogP contribution in [-0.4, -0.2) is 5.11 Å². The smallest absolute Gasteiger partial charge is 0.283 e. The van der Waals surface area contributed by atoms with Crippen molar-refractivity contribution in [1.82, 2.24) is 0 Å². The third-order valence-corrected chi connectivity index (χ3v) is 1.72. The standard InChI is InChI=1S/C12H10O.CHNO/c1-3-7-11(8-4-1)13-12-9-5-2-6-10-12;2-1-3/h1-10H;3H. The maximum atomic E-state index is 6.88. The molecule has 16 heavy (non-hydrogen) atoms. The third-order valence-electron chi connectivity index (χ3n) is 1.72. The Bertz CT molecular complexity index is 397. The summed E-state index contributed by atoms with van der Waals surface area (Å²) < 4.78 is 5.58. The van der Waals surface area contributed by atoms with Crippen LogP contribution in [-0.2, 0) is 0 Å². The number of aliphatic hydroxyl groups excluding tert-OH is 1. The Morgan fingerprint density at radius 2 is 1.12 bits per heavy atom. The van der Waals surface area contributed by atoms with Gasteiger partial charge in [-0.1, -0.05) is 36.4 Å². The predicted octanol–water partition coefficient (Wildman–Crippen LogP) is 3.32. The molecule has 0 aliphatic carbocycles. The van der Waals surface area contributed by atoms with E-state index < -0.39 is 0 Å². The predicted molar refractivity (Wildman–Crippen MR) is 60.5 cm³/mol. The number of benzene rings is 2. The van der Waals surface area contributed by atoms with Crippen LogP contribution in [0.3, 0.4) is 0 Å². The fourth-order valence-electron chi connectivity index (χ4n) is 1.11. The molecule has 0 fully saturated rings. The molecule has 3 heteroatoms. The monoisotopic (exact) mass is 213 g/mol. The highest BCUT2D eigenvalue weighted by molar-refractivity contribution is 5.30. The molecule has 3 nitrogen and oxygen atoms in total. The molecule has 0 heterocycles. The van der Waals surface area contributed by atoms with Gasteiger partial charge in [-0.3, -0.25) is 0 Å². The molecule has 0 aliphatic heterocycles. The minimum absolute atomic E-state index is 0.750. The zero-order valence-corrected chi connectivity index (χ0v) is 8.58. The summed E-state index contributed by atoms with van der Waals surface area (Å²) >= 11 is 0. The minimum atomic E-state index is 0.750.